The standard InChI is InChI=1S/C12H15N3O3S/c1-19(17,18)15-8-6-14(7-9-15)12-5-3-2-4-11(12)13-10-16/h2-5H,6-9H2,1H3. The van der Waals surface area contributed by atoms with E-state index in [1.807, 2.05) is 17.0 Å². The Balaban J connectivity index is 2.16. The number of isocyanates is 1. The smallest absolute Gasteiger partial charge is 0.240 e. The Bertz CT molecular complexity index is 600. The summed E-state index contributed by atoms with van der Waals surface area (Å²) in [6.07, 6.45) is 2.75. The highest BCUT2D eigenvalue weighted by molar-refractivity contribution is 7.88. The van der Waals surface area contributed by atoms with E-state index in [0.29, 0.717) is 31.9 Å². The highest BCUT2D eigenvalue weighted by atomic mass is 32.2. The predicted octanol–water partition coefficient (Wildman–Crippen LogP) is 0.735. The SMILES string of the molecule is CS(=O)(=O)N1CCN(c2ccccc2N=C=O)CC1. The fourth-order valence-electron chi connectivity index (χ4n) is 2.14. The minimum atomic E-state index is -3.13. The molecule has 0 aromatic heterocycles. The van der Waals surface area contributed by atoms with Gasteiger partial charge in [0.25, 0.3) is 0 Å². The molecule has 0 spiro atoms. The maximum absolute atomic E-state index is 11.4. The summed E-state index contributed by atoms with van der Waals surface area (Å²) in [6.45, 7) is 2.05. The van der Waals surface area contributed by atoms with Gasteiger partial charge in [-0.1, -0.05) is 12.1 Å². The minimum Gasteiger partial charge on any atom is -0.367 e. The van der Waals surface area contributed by atoms with Gasteiger partial charge in [0, 0.05) is 26.2 Å². The lowest BCUT2D eigenvalue weighted by Crippen LogP contribution is -2.48. The van der Waals surface area contributed by atoms with Gasteiger partial charge in [0.2, 0.25) is 16.1 Å². The molecule has 0 aliphatic carbocycles. The normalized spacial score (nSPS) is 17.0. The molecule has 102 valence electrons. The highest BCUT2D eigenvalue weighted by Crippen LogP contribution is 2.28. The van der Waals surface area contributed by atoms with Crippen molar-refractivity contribution in [3.8, 4) is 0 Å². The van der Waals surface area contributed by atoms with Crippen molar-refractivity contribution in [2.75, 3.05) is 37.3 Å². The van der Waals surface area contributed by atoms with E-state index in [0.717, 1.165) is 5.69 Å². The van der Waals surface area contributed by atoms with Gasteiger partial charge < -0.3 is 4.90 Å². The molecule has 1 aromatic rings. The zero-order valence-corrected chi connectivity index (χ0v) is 11.4. The summed E-state index contributed by atoms with van der Waals surface area (Å²) in [5, 5.41) is 0. The van der Waals surface area contributed by atoms with Gasteiger partial charge in [-0.3, -0.25) is 0 Å². The molecule has 1 fully saturated rings. The van der Waals surface area contributed by atoms with Gasteiger partial charge in [0.1, 0.15) is 0 Å². The number of carbonyl (C=O) groups excluding carboxylic acids is 1. The van der Waals surface area contributed by atoms with Crippen molar-refractivity contribution in [2.24, 2.45) is 4.99 Å². The second kappa shape index (κ2) is 5.52. The number of aliphatic imine (C=N–C) groups is 1. The Morgan fingerprint density at radius 3 is 2.37 bits per heavy atom. The third-order valence-corrected chi connectivity index (χ3v) is 4.40. The third kappa shape index (κ3) is 3.20. The Hall–Kier alpha value is -1.69. The Labute approximate surface area is 112 Å². The number of piperazine rings is 1. The molecule has 0 atom stereocenters. The lowest BCUT2D eigenvalue weighted by Gasteiger charge is -2.35. The summed E-state index contributed by atoms with van der Waals surface area (Å²) in [5.41, 5.74) is 1.39. The molecule has 7 heteroatoms. The number of benzene rings is 1. The van der Waals surface area contributed by atoms with Crippen LogP contribution in [0.25, 0.3) is 0 Å². The van der Waals surface area contributed by atoms with Crippen LogP contribution in [0.1, 0.15) is 0 Å². The lowest BCUT2D eigenvalue weighted by molar-refractivity contribution is 0.388. The first-order valence-electron chi connectivity index (χ1n) is 5.89. The van der Waals surface area contributed by atoms with Crippen LogP contribution >= 0.6 is 0 Å². The summed E-state index contributed by atoms with van der Waals surface area (Å²) in [5.74, 6) is 0. The topological polar surface area (TPSA) is 70.1 Å². The molecule has 0 radical (unpaired) electrons. The second-order valence-corrected chi connectivity index (χ2v) is 6.32. The zero-order chi connectivity index (χ0) is 13.9. The van der Waals surface area contributed by atoms with Gasteiger partial charge in [0.15, 0.2) is 0 Å². The van der Waals surface area contributed by atoms with Crippen LogP contribution in [0.4, 0.5) is 11.4 Å². The molecule has 0 N–H and O–H groups in total. The molecule has 1 heterocycles. The average Bonchev–Trinajstić information content (AvgIpc) is 2.39. The number of sulfonamides is 1. The van der Waals surface area contributed by atoms with Gasteiger partial charge in [-0.2, -0.15) is 9.30 Å². The van der Waals surface area contributed by atoms with Gasteiger partial charge in [-0.15, -0.1) is 0 Å². The number of hydrogen-bond donors (Lipinski definition) is 0. The molecular weight excluding hydrogens is 266 g/mol. The van der Waals surface area contributed by atoms with Crippen molar-refractivity contribution in [1.82, 2.24) is 4.31 Å². The van der Waals surface area contributed by atoms with Gasteiger partial charge in [-0.25, -0.2) is 13.2 Å². The fraction of sp³-hybridized carbons (Fsp3) is 0.417. The quantitative estimate of drug-likeness (QED) is 0.605. The number of rotatable bonds is 3. The summed E-state index contributed by atoms with van der Waals surface area (Å²) >= 11 is 0. The van der Waals surface area contributed by atoms with E-state index in [1.165, 1.54) is 16.6 Å². The molecule has 6 nitrogen and oxygen atoms in total. The molecule has 1 saturated heterocycles. The molecule has 0 bridgehead atoms. The van der Waals surface area contributed by atoms with Crippen LogP contribution in [0.5, 0.6) is 0 Å². The lowest BCUT2D eigenvalue weighted by atomic mass is 10.2. The van der Waals surface area contributed by atoms with Crippen molar-refractivity contribution in [3.63, 3.8) is 0 Å². The van der Waals surface area contributed by atoms with E-state index in [-0.39, 0.29) is 0 Å². The van der Waals surface area contributed by atoms with Gasteiger partial charge >= 0.3 is 0 Å². The predicted molar refractivity (Wildman–Crippen MR) is 72.9 cm³/mol. The average molecular weight is 281 g/mol. The Morgan fingerprint density at radius 1 is 1.16 bits per heavy atom. The van der Waals surface area contributed by atoms with Crippen molar-refractivity contribution in [1.29, 1.82) is 0 Å². The first kappa shape index (κ1) is 13.7. The van der Waals surface area contributed by atoms with E-state index < -0.39 is 10.0 Å². The summed E-state index contributed by atoms with van der Waals surface area (Å²) in [7, 11) is -3.13. The summed E-state index contributed by atoms with van der Waals surface area (Å²) < 4.78 is 24.3. The first-order valence-corrected chi connectivity index (χ1v) is 7.74. The van der Waals surface area contributed by atoms with E-state index in [2.05, 4.69) is 4.99 Å². The summed E-state index contributed by atoms with van der Waals surface area (Å²) in [4.78, 5) is 16.1. The molecule has 0 unspecified atom stereocenters. The molecule has 1 aromatic carbocycles. The first-order chi connectivity index (χ1) is 9.02. The van der Waals surface area contributed by atoms with Crippen LogP contribution in [0, 0.1) is 0 Å². The zero-order valence-electron chi connectivity index (χ0n) is 10.6. The molecule has 0 saturated carbocycles. The molecule has 1 aliphatic heterocycles. The van der Waals surface area contributed by atoms with Crippen LogP contribution in [-0.4, -0.2) is 51.2 Å². The monoisotopic (exact) mass is 281 g/mol. The number of para-hydroxylation sites is 2. The van der Waals surface area contributed by atoms with E-state index >= 15 is 0 Å². The van der Waals surface area contributed by atoms with Crippen LogP contribution < -0.4 is 4.90 Å². The number of anilines is 1. The highest BCUT2D eigenvalue weighted by Gasteiger charge is 2.24. The van der Waals surface area contributed by atoms with E-state index in [1.54, 1.807) is 12.1 Å². The van der Waals surface area contributed by atoms with Gasteiger partial charge in [0.05, 0.1) is 17.6 Å². The van der Waals surface area contributed by atoms with Crippen LogP contribution in [0.2, 0.25) is 0 Å². The van der Waals surface area contributed by atoms with Crippen LogP contribution in [-0.2, 0) is 14.8 Å². The van der Waals surface area contributed by atoms with Crippen molar-refractivity contribution < 1.29 is 13.2 Å². The van der Waals surface area contributed by atoms with Crippen molar-refractivity contribution in [2.45, 2.75) is 0 Å². The Kier molecular flexibility index (Phi) is 3.99. The Morgan fingerprint density at radius 2 is 1.79 bits per heavy atom. The van der Waals surface area contributed by atoms with Crippen LogP contribution in [0.15, 0.2) is 29.3 Å². The molecular formula is C12H15N3O3S. The van der Waals surface area contributed by atoms with Gasteiger partial charge in [-0.05, 0) is 12.1 Å². The van der Waals surface area contributed by atoms with E-state index in [9.17, 15) is 13.2 Å². The van der Waals surface area contributed by atoms with E-state index in [4.69, 9.17) is 0 Å². The number of hydrogen-bond acceptors (Lipinski definition) is 5. The maximum Gasteiger partial charge on any atom is 0.240 e. The third-order valence-electron chi connectivity index (χ3n) is 3.10. The van der Waals surface area contributed by atoms with Crippen molar-refractivity contribution in [3.05, 3.63) is 24.3 Å². The molecule has 19 heavy (non-hydrogen) atoms. The molecule has 0 amide bonds. The summed E-state index contributed by atoms with van der Waals surface area (Å²) in [6, 6.07) is 7.27. The fourth-order valence-corrected chi connectivity index (χ4v) is 2.96. The molecule has 2 rings (SSSR count). The maximum atomic E-state index is 11.4. The largest absolute Gasteiger partial charge is 0.367 e. The second-order valence-electron chi connectivity index (χ2n) is 4.34. The van der Waals surface area contributed by atoms with Crippen LogP contribution in [0.3, 0.4) is 0 Å². The van der Waals surface area contributed by atoms with Crippen molar-refractivity contribution >= 4 is 27.5 Å². The molecule has 1 aliphatic rings. The number of nitrogens with zero attached hydrogens (tertiary/aromatic N) is 3. The minimum absolute atomic E-state index is 0.442.